The third-order valence-corrected chi connectivity index (χ3v) is 2.91. The number of aliphatic hydroxyl groups excluding tert-OH is 1. The van der Waals surface area contributed by atoms with Crippen molar-refractivity contribution in [2.45, 2.75) is 13.0 Å². The number of hydrogen-bond acceptors (Lipinski definition) is 3. The van der Waals surface area contributed by atoms with Crippen LogP contribution >= 0.6 is 0 Å². The Morgan fingerprint density at radius 1 is 1.40 bits per heavy atom. The smallest absolute Gasteiger partial charge is 0.273 e. The van der Waals surface area contributed by atoms with Gasteiger partial charge in [-0.15, -0.1) is 0 Å². The van der Waals surface area contributed by atoms with Gasteiger partial charge in [-0.2, -0.15) is 5.10 Å². The van der Waals surface area contributed by atoms with Crippen molar-refractivity contribution < 1.29 is 14.3 Å². The van der Waals surface area contributed by atoms with E-state index in [1.807, 2.05) is 0 Å². The van der Waals surface area contributed by atoms with Crippen molar-refractivity contribution in [1.82, 2.24) is 14.7 Å². The fourth-order valence-corrected chi connectivity index (χ4v) is 1.90. The molecule has 2 rings (SSSR count). The quantitative estimate of drug-likeness (QED) is 0.930. The molecule has 1 N–H and O–H groups in total. The Kier molecular flexibility index (Phi) is 3.85. The minimum absolute atomic E-state index is 0.153. The van der Waals surface area contributed by atoms with Crippen molar-refractivity contribution in [2.75, 3.05) is 14.1 Å². The van der Waals surface area contributed by atoms with Crippen molar-refractivity contribution in [3.8, 4) is 5.69 Å². The molecule has 0 radical (unpaired) electrons. The summed E-state index contributed by atoms with van der Waals surface area (Å²) in [5.41, 5.74) is 0.784. The number of nitrogens with zero attached hydrogens (tertiary/aromatic N) is 3. The largest absolute Gasteiger partial charge is 0.389 e. The van der Waals surface area contributed by atoms with Gasteiger partial charge in [-0.25, -0.2) is 9.07 Å². The summed E-state index contributed by atoms with van der Waals surface area (Å²) >= 11 is 0. The molecule has 0 unspecified atom stereocenters. The van der Waals surface area contributed by atoms with Crippen molar-refractivity contribution in [1.29, 1.82) is 0 Å². The molecule has 1 amide bonds. The molecule has 0 aliphatic heterocycles. The number of hydrogen-bond donors (Lipinski definition) is 1. The molecule has 1 atom stereocenters. The molecule has 106 valence electrons. The maximum atomic E-state index is 14.0. The Bertz CT molecular complexity index is 635. The molecule has 0 spiro atoms. The van der Waals surface area contributed by atoms with E-state index in [1.165, 1.54) is 34.0 Å². The van der Waals surface area contributed by atoms with E-state index in [-0.39, 0.29) is 17.3 Å². The Hall–Kier alpha value is -2.21. The highest BCUT2D eigenvalue weighted by atomic mass is 19.1. The third kappa shape index (κ3) is 2.55. The average Bonchev–Trinajstić information content (AvgIpc) is 2.86. The van der Waals surface area contributed by atoms with Gasteiger partial charge in [-0.1, -0.05) is 12.1 Å². The summed E-state index contributed by atoms with van der Waals surface area (Å²) in [6.07, 6.45) is 0.666. The Morgan fingerprint density at radius 3 is 2.70 bits per heavy atom. The van der Waals surface area contributed by atoms with E-state index in [4.69, 9.17) is 0 Å². The first-order valence-corrected chi connectivity index (χ1v) is 6.16. The molecule has 1 aromatic heterocycles. The summed E-state index contributed by atoms with van der Waals surface area (Å²) < 4.78 is 15.3. The number of halogens is 1. The van der Waals surface area contributed by atoms with Crippen LogP contribution in [0.1, 0.15) is 29.1 Å². The van der Waals surface area contributed by atoms with Crippen LogP contribution < -0.4 is 0 Å². The number of aromatic nitrogens is 2. The first-order chi connectivity index (χ1) is 9.41. The van der Waals surface area contributed by atoms with Crippen LogP contribution in [-0.2, 0) is 0 Å². The summed E-state index contributed by atoms with van der Waals surface area (Å²) in [7, 11) is 3.23. The van der Waals surface area contributed by atoms with E-state index in [1.54, 1.807) is 27.1 Å². The minimum Gasteiger partial charge on any atom is -0.389 e. The van der Waals surface area contributed by atoms with Gasteiger partial charge in [-0.3, -0.25) is 4.79 Å². The molecule has 0 bridgehead atoms. The molecule has 2 aromatic rings. The van der Waals surface area contributed by atoms with E-state index in [0.717, 1.165) is 0 Å². The van der Waals surface area contributed by atoms with E-state index in [9.17, 15) is 14.3 Å². The molecule has 0 saturated carbocycles. The van der Waals surface area contributed by atoms with E-state index in [0.29, 0.717) is 5.56 Å². The molecule has 1 heterocycles. The van der Waals surface area contributed by atoms with Crippen LogP contribution in [-0.4, -0.2) is 39.8 Å². The van der Waals surface area contributed by atoms with Crippen molar-refractivity contribution in [3.63, 3.8) is 0 Å². The second-order valence-corrected chi connectivity index (χ2v) is 4.70. The molecule has 0 saturated heterocycles. The van der Waals surface area contributed by atoms with Crippen LogP contribution in [0, 0.1) is 5.82 Å². The molecule has 0 aliphatic carbocycles. The molecule has 20 heavy (non-hydrogen) atoms. The SMILES string of the molecule is C[C@H](O)c1cccc(F)c1-n1ccc(C(=O)N(C)C)n1. The summed E-state index contributed by atoms with van der Waals surface area (Å²) in [6, 6.07) is 5.95. The van der Waals surface area contributed by atoms with Gasteiger partial charge in [0.25, 0.3) is 5.91 Å². The number of amides is 1. The van der Waals surface area contributed by atoms with Crippen LogP contribution in [0.4, 0.5) is 4.39 Å². The summed E-state index contributed by atoms with van der Waals surface area (Å²) in [5, 5.41) is 13.8. The number of carbonyl (C=O) groups is 1. The third-order valence-electron chi connectivity index (χ3n) is 2.91. The van der Waals surface area contributed by atoms with Crippen molar-refractivity contribution >= 4 is 5.91 Å². The second-order valence-electron chi connectivity index (χ2n) is 4.70. The minimum atomic E-state index is -0.835. The van der Waals surface area contributed by atoms with Gasteiger partial charge in [0, 0.05) is 25.9 Å². The van der Waals surface area contributed by atoms with Gasteiger partial charge >= 0.3 is 0 Å². The van der Waals surface area contributed by atoms with Crippen molar-refractivity contribution in [3.05, 3.63) is 47.5 Å². The maximum Gasteiger partial charge on any atom is 0.273 e. The monoisotopic (exact) mass is 277 g/mol. The highest BCUT2D eigenvalue weighted by Gasteiger charge is 2.17. The fraction of sp³-hybridized carbons (Fsp3) is 0.286. The van der Waals surface area contributed by atoms with Gasteiger partial charge in [-0.05, 0) is 19.1 Å². The highest BCUT2D eigenvalue weighted by molar-refractivity contribution is 5.91. The number of para-hydroxylation sites is 1. The average molecular weight is 277 g/mol. The van der Waals surface area contributed by atoms with Crippen LogP contribution in [0.5, 0.6) is 0 Å². The van der Waals surface area contributed by atoms with Gasteiger partial charge in [0.15, 0.2) is 5.69 Å². The number of benzene rings is 1. The topological polar surface area (TPSA) is 58.4 Å². The zero-order chi connectivity index (χ0) is 14.9. The number of carbonyl (C=O) groups excluding carboxylic acids is 1. The molecule has 5 nitrogen and oxygen atoms in total. The Labute approximate surface area is 116 Å². The molecule has 1 aromatic carbocycles. The molecule has 0 fully saturated rings. The van der Waals surface area contributed by atoms with E-state index >= 15 is 0 Å². The lowest BCUT2D eigenvalue weighted by Gasteiger charge is -2.13. The fourth-order valence-electron chi connectivity index (χ4n) is 1.90. The van der Waals surface area contributed by atoms with E-state index in [2.05, 4.69) is 5.10 Å². The van der Waals surface area contributed by atoms with Crippen LogP contribution in [0.25, 0.3) is 5.69 Å². The predicted octanol–water partition coefficient (Wildman–Crippen LogP) is 1.77. The van der Waals surface area contributed by atoms with Gasteiger partial charge in [0.05, 0.1) is 6.10 Å². The Morgan fingerprint density at radius 2 is 2.10 bits per heavy atom. The summed E-state index contributed by atoms with van der Waals surface area (Å²) in [5.74, 6) is -0.769. The molecular formula is C14H16FN3O2. The lowest BCUT2D eigenvalue weighted by atomic mass is 10.1. The van der Waals surface area contributed by atoms with Gasteiger partial charge in [0.1, 0.15) is 11.5 Å². The Balaban J connectivity index is 2.50. The maximum absolute atomic E-state index is 14.0. The van der Waals surface area contributed by atoms with Gasteiger partial charge < -0.3 is 10.0 Å². The first kappa shape index (κ1) is 14.2. The molecule has 0 aliphatic rings. The van der Waals surface area contributed by atoms with Crippen LogP contribution in [0.15, 0.2) is 30.5 Å². The van der Waals surface area contributed by atoms with Crippen LogP contribution in [0.2, 0.25) is 0 Å². The lowest BCUT2D eigenvalue weighted by Crippen LogP contribution is -2.22. The highest BCUT2D eigenvalue weighted by Crippen LogP contribution is 2.24. The number of rotatable bonds is 3. The predicted molar refractivity (Wildman–Crippen MR) is 72.2 cm³/mol. The van der Waals surface area contributed by atoms with Gasteiger partial charge in [0.2, 0.25) is 0 Å². The number of aliphatic hydroxyl groups is 1. The zero-order valence-electron chi connectivity index (χ0n) is 11.5. The van der Waals surface area contributed by atoms with E-state index < -0.39 is 11.9 Å². The first-order valence-electron chi connectivity index (χ1n) is 6.16. The summed E-state index contributed by atoms with van der Waals surface area (Å²) in [6.45, 7) is 1.55. The second kappa shape index (κ2) is 5.42. The van der Waals surface area contributed by atoms with Crippen LogP contribution in [0.3, 0.4) is 0 Å². The normalized spacial score (nSPS) is 12.2. The standard InChI is InChI=1S/C14H16FN3O2/c1-9(19)10-5-4-6-11(15)13(10)18-8-7-12(16-18)14(20)17(2)3/h4-9,19H,1-3H3/t9-/m0/s1. The summed E-state index contributed by atoms with van der Waals surface area (Å²) in [4.78, 5) is 13.2. The van der Waals surface area contributed by atoms with Crippen molar-refractivity contribution in [2.24, 2.45) is 0 Å². The zero-order valence-corrected chi connectivity index (χ0v) is 11.5. The molecule has 6 heteroatoms. The molecular weight excluding hydrogens is 261 g/mol. The lowest BCUT2D eigenvalue weighted by molar-refractivity contribution is 0.0821.